The van der Waals surface area contributed by atoms with E-state index in [0.29, 0.717) is 17.7 Å². The van der Waals surface area contributed by atoms with Crippen molar-refractivity contribution in [2.75, 3.05) is 19.0 Å². The number of amides is 1. The van der Waals surface area contributed by atoms with E-state index < -0.39 is 6.17 Å². The van der Waals surface area contributed by atoms with Crippen molar-refractivity contribution in [2.45, 2.75) is 13.1 Å². The van der Waals surface area contributed by atoms with Gasteiger partial charge >= 0.3 is 0 Å². The maximum absolute atomic E-state index is 12.7. The Hall–Kier alpha value is -2.89. The Morgan fingerprint density at radius 3 is 2.70 bits per heavy atom. The first kappa shape index (κ1) is 15.0. The molecule has 0 radical (unpaired) electrons. The van der Waals surface area contributed by atoms with E-state index in [-0.39, 0.29) is 23.2 Å². The van der Waals surface area contributed by atoms with E-state index in [1.807, 2.05) is 25.1 Å². The van der Waals surface area contributed by atoms with Gasteiger partial charge in [0.05, 0.1) is 12.7 Å². The van der Waals surface area contributed by atoms with Gasteiger partial charge in [0.2, 0.25) is 5.75 Å². The third-order valence-electron chi connectivity index (χ3n) is 3.98. The quantitative estimate of drug-likeness (QED) is 0.759. The molecular formula is C17H18N2O4. The van der Waals surface area contributed by atoms with Crippen LogP contribution in [-0.2, 0) is 0 Å². The lowest BCUT2D eigenvalue weighted by Crippen LogP contribution is -2.42. The highest BCUT2D eigenvalue weighted by atomic mass is 16.5. The van der Waals surface area contributed by atoms with Crippen LogP contribution in [0.2, 0.25) is 0 Å². The Morgan fingerprint density at radius 1 is 1.26 bits per heavy atom. The Morgan fingerprint density at radius 2 is 2.00 bits per heavy atom. The zero-order chi connectivity index (χ0) is 16.6. The van der Waals surface area contributed by atoms with Gasteiger partial charge in [0.15, 0.2) is 11.5 Å². The molecule has 3 N–H and O–H groups in total. The fourth-order valence-electron chi connectivity index (χ4n) is 2.81. The molecule has 0 aromatic heterocycles. The summed E-state index contributed by atoms with van der Waals surface area (Å²) in [5.74, 6) is -0.534. The number of hydrogen-bond donors (Lipinski definition) is 3. The lowest BCUT2D eigenvalue weighted by Gasteiger charge is -2.37. The van der Waals surface area contributed by atoms with E-state index in [9.17, 15) is 15.0 Å². The number of ether oxygens (including phenoxy) is 1. The molecule has 2 aromatic rings. The standard InChI is InChI=1S/C17H18N2O4/c1-3-19-16(10-8-13(20)15(21)14(9-10)23-2)18-12-7-5-4-6-11(12)17(19)22/h4-9,16,18,20-21H,3H2,1-2H3/t16-/m0/s1. The van der Waals surface area contributed by atoms with Crippen molar-refractivity contribution in [3.63, 3.8) is 0 Å². The Labute approximate surface area is 133 Å². The molecule has 120 valence electrons. The monoisotopic (exact) mass is 314 g/mol. The highest BCUT2D eigenvalue weighted by molar-refractivity contribution is 6.01. The van der Waals surface area contributed by atoms with Crippen molar-refractivity contribution in [2.24, 2.45) is 0 Å². The number of rotatable bonds is 3. The van der Waals surface area contributed by atoms with Gasteiger partial charge in [-0.05, 0) is 31.2 Å². The molecule has 0 saturated heterocycles. The summed E-state index contributed by atoms with van der Waals surface area (Å²) in [5, 5.41) is 23.0. The normalized spacial score (nSPS) is 16.7. The van der Waals surface area contributed by atoms with Crippen LogP contribution in [0.4, 0.5) is 5.69 Å². The topological polar surface area (TPSA) is 82.0 Å². The van der Waals surface area contributed by atoms with Crippen LogP contribution in [0, 0.1) is 0 Å². The summed E-state index contributed by atoms with van der Waals surface area (Å²) < 4.78 is 5.08. The van der Waals surface area contributed by atoms with Crippen LogP contribution >= 0.6 is 0 Å². The summed E-state index contributed by atoms with van der Waals surface area (Å²) in [6.07, 6.45) is -0.456. The lowest BCUT2D eigenvalue weighted by molar-refractivity contribution is 0.0694. The van der Waals surface area contributed by atoms with E-state index >= 15 is 0 Å². The molecular weight excluding hydrogens is 296 g/mol. The van der Waals surface area contributed by atoms with E-state index in [1.54, 1.807) is 17.0 Å². The summed E-state index contributed by atoms with van der Waals surface area (Å²) >= 11 is 0. The molecule has 1 atom stereocenters. The predicted molar refractivity (Wildman–Crippen MR) is 85.8 cm³/mol. The smallest absolute Gasteiger partial charge is 0.257 e. The zero-order valence-electron chi connectivity index (χ0n) is 12.9. The molecule has 0 saturated carbocycles. The van der Waals surface area contributed by atoms with Crippen LogP contribution in [0.25, 0.3) is 0 Å². The predicted octanol–water partition coefficient (Wildman–Crippen LogP) is 2.69. The summed E-state index contributed by atoms with van der Waals surface area (Å²) in [6, 6.07) is 10.3. The molecule has 0 bridgehead atoms. The van der Waals surface area contributed by atoms with Gasteiger partial charge in [-0.1, -0.05) is 12.1 Å². The molecule has 1 aliphatic rings. The number of hydrogen-bond acceptors (Lipinski definition) is 5. The molecule has 0 unspecified atom stereocenters. The Bertz CT molecular complexity index is 760. The Kier molecular flexibility index (Phi) is 3.73. The number of phenolic OH excluding ortho intramolecular Hbond substituents is 2. The fraction of sp³-hybridized carbons (Fsp3) is 0.235. The number of methoxy groups -OCH3 is 1. The number of benzene rings is 2. The van der Waals surface area contributed by atoms with Crippen LogP contribution in [0.5, 0.6) is 17.2 Å². The molecule has 6 nitrogen and oxygen atoms in total. The van der Waals surface area contributed by atoms with Crippen LogP contribution in [0.1, 0.15) is 29.0 Å². The van der Waals surface area contributed by atoms with Crippen molar-refractivity contribution in [1.82, 2.24) is 4.90 Å². The van der Waals surface area contributed by atoms with Crippen molar-refractivity contribution in [1.29, 1.82) is 0 Å². The average Bonchev–Trinajstić information content (AvgIpc) is 2.57. The fourth-order valence-corrected chi connectivity index (χ4v) is 2.81. The molecule has 0 spiro atoms. The summed E-state index contributed by atoms with van der Waals surface area (Å²) in [5.41, 5.74) is 1.97. The van der Waals surface area contributed by atoms with Crippen LogP contribution < -0.4 is 10.1 Å². The molecule has 1 aliphatic heterocycles. The molecule has 0 aliphatic carbocycles. The van der Waals surface area contributed by atoms with E-state index in [1.165, 1.54) is 13.2 Å². The number of anilines is 1. The number of phenols is 2. The first-order chi connectivity index (χ1) is 11.1. The van der Waals surface area contributed by atoms with E-state index in [4.69, 9.17) is 4.74 Å². The summed E-state index contributed by atoms with van der Waals surface area (Å²) in [4.78, 5) is 14.3. The number of carbonyl (C=O) groups excluding carboxylic acids is 1. The number of nitrogens with one attached hydrogen (secondary N) is 1. The molecule has 2 aromatic carbocycles. The van der Waals surface area contributed by atoms with Gasteiger partial charge in [-0.25, -0.2) is 0 Å². The van der Waals surface area contributed by atoms with Crippen molar-refractivity contribution in [3.05, 3.63) is 47.5 Å². The number of nitrogens with zero attached hydrogens (tertiary/aromatic N) is 1. The van der Waals surface area contributed by atoms with Crippen molar-refractivity contribution in [3.8, 4) is 17.2 Å². The SMILES string of the molecule is CCN1C(=O)c2ccccc2N[C@@H]1c1cc(O)c(O)c(OC)c1. The van der Waals surface area contributed by atoms with E-state index in [2.05, 4.69) is 5.32 Å². The molecule has 6 heteroatoms. The highest BCUT2D eigenvalue weighted by Gasteiger charge is 2.32. The molecule has 1 heterocycles. The zero-order valence-corrected chi connectivity index (χ0v) is 12.9. The first-order valence-electron chi connectivity index (χ1n) is 7.33. The van der Waals surface area contributed by atoms with Gasteiger partial charge < -0.3 is 25.2 Å². The maximum Gasteiger partial charge on any atom is 0.257 e. The number of carbonyl (C=O) groups is 1. The van der Waals surface area contributed by atoms with Gasteiger partial charge in [0.25, 0.3) is 5.91 Å². The van der Waals surface area contributed by atoms with Crippen LogP contribution in [-0.4, -0.2) is 34.7 Å². The number of fused-ring (bicyclic) bond motifs is 1. The van der Waals surface area contributed by atoms with E-state index in [0.717, 1.165) is 5.69 Å². The van der Waals surface area contributed by atoms with Crippen LogP contribution in [0.3, 0.4) is 0 Å². The highest BCUT2D eigenvalue weighted by Crippen LogP contribution is 2.41. The summed E-state index contributed by atoms with van der Waals surface area (Å²) in [6.45, 7) is 2.38. The number of aromatic hydroxyl groups is 2. The molecule has 1 amide bonds. The minimum Gasteiger partial charge on any atom is -0.504 e. The average molecular weight is 314 g/mol. The minimum absolute atomic E-state index is 0.0848. The second-order valence-corrected chi connectivity index (χ2v) is 5.27. The minimum atomic E-state index is -0.456. The molecule has 23 heavy (non-hydrogen) atoms. The first-order valence-corrected chi connectivity index (χ1v) is 7.33. The van der Waals surface area contributed by atoms with Crippen molar-refractivity contribution < 1.29 is 19.7 Å². The van der Waals surface area contributed by atoms with Crippen LogP contribution in [0.15, 0.2) is 36.4 Å². The van der Waals surface area contributed by atoms with Gasteiger partial charge in [-0.15, -0.1) is 0 Å². The second-order valence-electron chi connectivity index (χ2n) is 5.27. The number of para-hydroxylation sites is 1. The summed E-state index contributed by atoms with van der Waals surface area (Å²) in [7, 11) is 1.41. The largest absolute Gasteiger partial charge is 0.504 e. The third kappa shape index (κ3) is 2.42. The van der Waals surface area contributed by atoms with Gasteiger partial charge in [0.1, 0.15) is 6.17 Å². The van der Waals surface area contributed by atoms with Gasteiger partial charge in [-0.3, -0.25) is 4.79 Å². The van der Waals surface area contributed by atoms with Crippen molar-refractivity contribution >= 4 is 11.6 Å². The third-order valence-corrected chi connectivity index (χ3v) is 3.98. The molecule has 3 rings (SSSR count). The second kappa shape index (κ2) is 5.72. The molecule has 0 fully saturated rings. The Balaban J connectivity index is 2.09. The van der Waals surface area contributed by atoms with Gasteiger partial charge in [0, 0.05) is 17.8 Å². The van der Waals surface area contributed by atoms with Gasteiger partial charge in [-0.2, -0.15) is 0 Å². The lowest BCUT2D eigenvalue weighted by atomic mass is 10.0. The maximum atomic E-state index is 12.7.